The van der Waals surface area contributed by atoms with Crippen molar-refractivity contribution in [3.63, 3.8) is 0 Å². The number of nitrogens with zero attached hydrogens (tertiary/aromatic N) is 1. The van der Waals surface area contributed by atoms with Crippen LogP contribution in [-0.2, 0) is 16.0 Å². The van der Waals surface area contributed by atoms with E-state index < -0.39 is 0 Å². The number of halogens is 2. The van der Waals surface area contributed by atoms with Crippen LogP contribution >= 0.6 is 15.9 Å². The van der Waals surface area contributed by atoms with E-state index in [1.807, 2.05) is 24.3 Å². The van der Waals surface area contributed by atoms with Crippen LogP contribution in [0.25, 0.3) is 0 Å². The Labute approximate surface area is 154 Å². The van der Waals surface area contributed by atoms with Gasteiger partial charge in [0, 0.05) is 29.7 Å². The predicted molar refractivity (Wildman–Crippen MR) is 97.7 cm³/mol. The van der Waals surface area contributed by atoms with E-state index in [0.29, 0.717) is 19.5 Å². The molecule has 2 aromatic rings. The van der Waals surface area contributed by atoms with Crippen LogP contribution in [0.3, 0.4) is 0 Å². The van der Waals surface area contributed by atoms with Gasteiger partial charge in [-0.25, -0.2) is 4.39 Å². The fourth-order valence-electron chi connectivity index (χ4n) is 2.90. The highest BCUT2D eigenvalue weighted by molar-refractivity contribution is 9.10. The molecule has 1 fully saturated rings. The molecule has 6 heteroatoms. The van der Waals surface area contributed by atoms with Crippen molar-refractivity contribution < 1.29 is 14.0 Å². The van der Waals surface area contributed by atoms with Crippen molar-refractivity contribution in [1.29, 1.82) is 0 Å². The van der Waals surface area contributed by atoms with Gasteiger partial charge in [-0.3, -0.25) is 9.59 Å². The molecule has 4 nitrogen and oxygen atoms in total. The van der Waals surface area contributed by atoms with E-state index in [4.69, 9.17) is 0 Å². The molecule has 1 saturated heterocycles. The second kappa shape index (κ2) is 7.78. The normalized spacial score (nSPS) is 17.0. The van der Waals surface area contributed by atoms with E-state index in [1.165, 1.54) is 12.1 Å². The number of carbonyl (C=O) groups excluding carboxylic acids is 2. The van der Waals surface area contributed by atoms with Crippen LogP contribution in [0.1, 0.15) is 12.0 Å². The molecule has 0 spiro atoms. The van der Waals surface area contributed by atoms with Crippen LogP contribution in [-0.4, -0.2) is 24.9 Å². The Kier molecular flexibility index (Phi) is 5.48. The van der Waals surface area contributed by atoms with Crippen LogP contribution in [0.5, 0.6) is 0 Å². The standard InChI is InChI=1S/C19H18BrFN2O2/c20-15-2-1-3-17(11-15)23-12-14(10-18(23)24)19(25)22-9-8-13-4-6-16(21)7-5-13/h1-7,11,14H,8-10,12H2,(H,22,25). The van der Waals surface area contributed by atoms with Gasteiger partial charge in [-0.05, 0) is 42.3 Å². The summed E-state index contributed by atoms with van der Waals surface area (Å²) < 4.78 is 13.8. The summed E-state index contributed by atoms with van der Waals surface area (Å²) in [5, 5.41) is 2.87. The van der Waals surface area contributed by atoms with Crippen molar-refractivity contribution in [2.75, 3.05) is 18.0 Å². The number of anilines is 1. The number of hydrogen-bond donors (Lipinski definition) is 1. The maximum atomic E-state index is 12.9. The molecule has 2 aromatic carbocycles. The van der Waals surface area contributed by atoms with Crippen LogP contribution in [0, 0.1) is 11.7 Å². The van der Waals surface area contributed by atoms with E-state index in [9.17, 15) is 14.0 Å². The SMILES string of the molecule is O=C(NCCc1ccc(F)cc1)C1CC(=O)N(c2cccc(Br)c2)C1. The maximum Gasteiger partial charge on any atom is 0.227 e. The van der Waals surface area contributed by atoms with Gasteiger partial charge in [0.2, 0.25) is 11.8 Å². The number of carbonyl (C=O) groups is 2. The van der Waals surface area contributed by atoms with Crippen molar-refractivity contribution in [3.05, 3.63) is 64.4 Å². The molecular formula is C19H18BrFN2O2. The second-order valence-electron chi connectivity index (χ2n) is 6.05. The van der Waals surface area contributed by atoms with Gasteiger partial charge in [0.1, 0.15) is 5.82 Å². The largest absolute Gasteiger partial charge is 0.355 e. The Balaban J connectivity index is 1.53. The minimum absolute atomic E-state index is 0.0446. The molecule has 0 aliphatic carbocycles. The van der Waals surface area contributed by atoms with E-state index >= 15 is 0 Å². The minimum Gasteiger partial charge on any atom is -0.355 e. The van der Waals surface area contributed by atoms with Gasteiger partial charge in [-0.15, -0.1) is 0 Å². The fourth-order valence-corrected chi connectivity index (χ4v) is 3.29. The predicted octanol–water partition coefficient (Wildman–Crippen LogP) is 3.30. The van der Waals surface area contributed by atoms with Crippen molar-refractivity contribution in [1.82, 2.24) is 5.32 Å². The summed E-state index contributed by atoms with van der Waals surface area (Å²) in [5.41, 5.74) is 1.75. The molecule has 3 rings (SSSR count). The molecular weight excluding hydrogens is 387 g/mol. The summed E-state index contributed by atoms with van der Waals surface area (Å²) in [5.74, 6) is -0.783. The van der Waals surface area contributed by atoms with Crippen LogP contribution < -0.4 is 10.2 Å². The first-order valence-electron chi connectivity index (χ1n) is 8.11. The van der Waals surface area contributed by atoms with Gasteiger partial charge in [0.05, 0.1) is 5.92 Å². The average Bonchev–Trinajstić information content (AvgIpc) is 2.98. The third-order valence-corrected chi connectivity index (χ3v) is 4.74. The zero-order valence-corrected chi connectivity index (χ0v) is 15.1. The third kappa shape index (κ3) is 4.45. The first-order chi connectivity index (χ1) is 12.0. The van der Waals surface area contributed by atoms with E-state index in [2.05, 4.69) is 21.2 Å². The van der Waals surface area contributed by atoms with Crippen LogP contribution in [0.2, 0.25) is 0 Å². The molecule has 1 N–H and O–H groups in total. The molecule has 0 radical (unpaired) electrons. The van der Waals surface area contributed by atoms with Crippen molar-refractivity contribution in [3.8, 4) is 0 Å². The molecule has 0 aromatic heterocycles. The van der Waals surface area contributed by atoms with Gasteiger partial charge in [0.15, 0.2) is 0 Å². The quantitative estimate of drug-likeness (QED) is 0.830. The van der Waals surface area contributed by atoms with E-state index in [-0.39, 0.29) is 30.0 Å². The summed E-state index contributed by atoms with van der Waals surface area (Å²) in [7, 11) is 0. The Morgan fingerprint density at radius 2 is 2.00 bits per heavy atom. The van der Waals surface area contributed by atoms with Gasteiger partial charge in [0.25, 0.3) is 0 Å². The number of benzene rings is 2. The third-order valence-electron chi connectivity index (χ3n) is 4.24. The zero-order chi connectivity index (χ0) is 17.8. The lowest BCUT2D eigenvalue weighted by molar-refractivity contribution is -0.126. The number of rotatable bonds is 5. The molecule has 1 heterocycles. The highest BCUT2D eigenvalue weighted by Crippen LogP contribution is 2.27. The summed E-state index contributed by atoms with van der Waals surface area (Å²) in [6.45, 7) is 0.851. The van der Waals surface area contributed by atoms with Gasteiger partial charge >= 0.3 is 0 Å². The first-order valence-corrected chi connectivity index (χ1v) is 8.90. The lowest BCUT2D eigenvalue weighted by Gasteiger charge is -2.17. The summed E-state index contributed by atoms with van der Waals surface area (Å²) in [4.78, 5) is 26.2. The monoisotopic (exact) mass is 404 g/mol. The topological polar surface area (TPSA) is 49.4 Å². The first kappa shape index (κ1) is 17.6. The molecule has 1 atom stereocenters. The van der Waals surface area contributed by atoms with Gasteiger partial charge < -0.3 is 10.2 Å². The highest BCUT2D eigenvalue weighted by Gasteiger charge is 2.34. The lowest BCUT2D eigenvalue weighted by atomic mass is 10.1. The van der Waals surface area contributed by atoms with E-state index in [0.717, 1.165) is 15.7 Å². The fraction of sp³-hybridized carbons (Fsp3) is 0.263. The Morgan fingerprint density at radius 1 is 1.24 bits per heavy atom. The van der Waals surface area contributed by atoms with Crippen LogP contribution in [0.15, 0.2) is 53.0 Å². The van der Waals surface area contributed by atoms with Crippen molar-refractivity contribution in [2.24, 2.45) is 5.92 Å². The maximum absolute atomic E-state index is 12.9. The van der Waals surface area contributed by atoms with Crippen molar-refractivity contribution in [2.45, 2.75) is 12.8 Å². The Bertz CT molecular complexity index is 779. The number of amides is 2. The number of hydrogen-bond acceptors (Lipinski definition) is 2. The lowest BCUT2D eigenvalue weighted by Crippen LogP contribution is -2.34. The minimum atomic E-state index is -0.348. The molecule has 25 heavy (non-hydrogen) atoms. The van der Waals surface area contributed by atoms with Crippen molar-refractivity contribution >= 4 is 33.4 Å². The second-order valence-corrected chi connectivity index (χ2v) is 6.97. The Hall–Kier alpha value is -2.21. The zero-order valence-electron chi connectivity index (χ0n) is 13.5. The Morgan fingerprint density at radius 3 is 2.72 bits per heavy atom. The summed E-state index contributed by atoms with van der Waals surface area (Å²) >= 11 is 3.39. The van der Waals surface area contributed by atoms with Gasteiger partial charge in [-0.1, -0.05) is 34.1 Å². The molecule has 2 amide bonds. The molecule has 0 saturated carbocycles. The molecule has 130 valence electrons. The molecule has 1 unspecified atom stereocenters. The summed E-state index contributed by atoms with van der Waals surface area (Å²) in [6, 6.07) is 13.7. The van der Waals surface area contributed by atoms with Crippen LogP contribution in [0.4, 0.5) is 10.1 Å². The summed E-state index contributed by atoms with van der Waals surface area (Å²) in [6.07, 6.45) is 0.844. The highest BCUT2D eigenvalue weighted by atomic mass is 79.9. The molecule has 1 aliphatic heterocycles. The molecule has 0 bridgehead atoms. The smallest absolute Gasteiger partial charge is 0.227 e. The average molecular weight is 405 g/mol. The van der Waals surface area contributed by atoms with E-state index in [1.54, 1.807) is 17.0 Å². The molecule has 1 aliphatic rings. The van der Waals surface area contributed by atoms with Gasteiger partial charge in [-0.2, -0.15) is 0 Å². The number of nitrogens with one attached hydrogen (secondary N) is 1.